The number of hydrogen-bond acceptors (Lipinski definition) is 3. The average Bonchev–Trinajstić information content (AvgIpc) is 3.25. The predicted octanol–water partition coefficient (Wildman–Crippen LogP) is 4.28. The lowest BCUT2D eigenvalue weighted by Gasteiger charge is -2.20. The van der Waals surface area contributed by atoms with Crippen LogP contribution < -0.4 is 4.74 Å². The maximum absolute atomic E-state index is 5.89. The number of hydrogen-bond donors (Lipinski definition) is 0. The summed E-state index contributed by atoms with van der Waals surface area (Å²) in [5.41, 5.74) is 2.06. The van der Waals surface area contributed by atoms with Gasteiger partial charge in [0.05, 0.1) is 17.8 Å². The summed E-state index contributed by atoms with van der Waals surface area (Å²) in [4.78, 5) is 2.56. The van der Waals surface area contributed by atoms with Crippen molar-refractivity contribution < 1.29 is 4.74 Å². The molecule has 130 valence electrons. The first-order valence-electron chi connectivity index (χ1n) is 9.21. The van der Waals surface area contributed by atoms with Crippen LogP contribution >= 0.6 is 0 Å². The summed E-state index contributed by atoms with van der Waals surface area (Å²) >= 11 is 0. The molecule has 1 saturated heterocycles. The molecule has 4 nitrogen and oxygen atoms in total. The summed E-state index contributed by atoms with van der Waals surface area (Å²) in [6.45, 7) is 5.48. The lowest BCUT2D eigenvalue weighted by atomic mass is 10.2. The third-order valence-electron chi connectivity index (χ3n) is 5.06. The average molecular weight is 335 g/mol. The van der Waals surface area contributed by atoms with E-state index in [0.717, 1.165) is 48.0 Å². The molecule has 1 fully saturated rings. The van der Waals surface area contributed by atoms with Crippen molar-refractivity contribution in [3.05, 3.63) is 54.7 Å². The van der Waals surface area contributed by atoms with Crippen molar-refractivity contribution in [2.24, 2.45) is 0 Å². The molecule has 4 rings (SSSR count). The van der Waals surface area contributed by atoms with Crippen LogP contribution in [0.2, 0.25) is 0 Å². The van der Waals surface area contributed by atoms with Crippen molar-refractivity contribution in [3.8, 4) is 11.4 Å². The molecule has 1 aliphatic heterocycles. The zero-order valence-electron chi connectivity index (χ0n) is 14.8. The van der Waals surface area contributed by atoms with Crippen molar-refractivity contribution in [1.82, 2.24) is 14.7 Å². The molecule has 1 atom stereocenters. The van der Waals surface area contributed by atoms with Crippen molar-refractivity contribution >= 4 is 10.9 Å². The molecule has 1 aliphatic rings. The molecule has 2 aromatic carbocycles. The van der Waals surface area contributed by atoms with Gasteiger partial charge in [0.2, 0.25) is 0 Å². The van der Waals surface area contributed by atoms with E-state index in [2.05, 4.69) is 41.3 Å². The van der Waals surface area contributed by atoms with Crippen molar-refractivity contribution in [3.63, 3.8) is 0 Å². The van der Waals surface area contributed by atoms with Crippen molar-refractivity contribution in [2.45, 2.75) is 32.2 Å². The number of rotatable bonds is 6. The molecule has 0 saturated carbocycles. The quantitative estimate of drug-likeness (QED) is 0.630. The number of ether oxygens (including phenoxy) is 1. The Morgan fingerprint density at radius 2 is 1.96 bits per heavy atom. The van der Waals surface area contributed by atoms with E-state index in [-0.39, 0.29) is 0 Å². The van der Waals surface area contributed by atoms with E-state index in [9.17, 15) is 0 Å². The minimum Gasteiger partial charge on any atom is -0.494 e. The molecule has 4 heteroatoms. The van der Waals surface area contributed by atoms with Gasteiger partial charge < -0.3 is 9.64 Å². The number of fused-ring (bicyclic) bond motifs is 1. The van der Waals surface area contributed by atoms with Gasteiger partial charge in [-0.25, -0.2) is 4.68 Å². The molecular weight excluding hydrogens is 310 g/mol. The van der Waals surface area contributed by atoms with Crippen LogP contribution in [0.3, 0.4) is 0 Å². The maximum Gasteiger partial charge on any atom is 0.119 e. The summed E-state index contributed by atoms with van der Waals surface area (Å²) in [6, 6.07) is 17.1. The zero-order valence-corrected chi connectivity index (χ0v) is 14.8. The smallest absolute Gasteiger partial charge is 0.119 e. The van der Waals surface area contributed by atoms with Gasteiger partial charge in [0.15, 0.2) is 0 Å². The molecule has 25 heavy (non-hydrogen) atoms. The standard InChI is InChI=1S/C21H25N3O/c1-17-6-4-13-23(17)14-5-15-25-20-11-9-19(10-12-20)24-16-18-7-2-3-8-21(18)22-24/h2-3,7-12,16-17H,4-6,13-15H2,1H3. The lowest BCUT2D eigenvalue weighted by molar-refractivity contribution is 0.230. The first-order chi connectivity index (χ1) is 12.3. The molecule has 0 N–H and O–H groups in total. The van der Waals surface area contributed by atoms with Crippen LogP contribution in [0.15, 0.2) is 54.7 Å². The van der Waals surface area contributed by atoms with Gasteiger partial charge in [-0.05, 0) is 63.1 Å². The summed E-state index contributed by atoms with van der Waals surface area (Å²) in [6.07, 6.45) is 5.82. The Morgan fingerprint density at radius 1 is 1.12 bits per heavy atom. The van der Waals surface area contributed by atoms with E-state index in [1.54, 1.807) is 0 Å². The Kier molecular flexibility index (Phi) is 4.70. The molecular formula is C21H25N3O. The van der Waals surface area contributed by atoms with E-state index in [4.69, 9.17) is 4.74 Å². The number of likely N-dealkylation sites (tertiary alicyclic amines) is 1. The number of nitrogens with zero attached hydrogens (tertiary/aromatic N) is 3. The molecule has 1 unspecified atom stereocenters. The van der Waals surface area contributed by atoms with Gasteiger partial charge in [-0.2, -0.15) is 5.10 Å². The van der Waals surface area contributed by atoms with E-state index < -0.39 is 0 Å². The first-order valence-corrected chi connectivity index (χ1v) is 9.21. The fourth-order valence-corrected chi connectivity index (χ4v) is 3.57. The molecule has 2 heterocycles. The van der Waals surface area contributed by atoms with E-state index in [1.807, 2.05) is 35.0 Å². The van der Waals surface area contributed by atoms with Crippen LogP contribution in [0, 0.1) is 0 Å². The molecule has 1 aromatic heterocycles. The third kappa shape index (κ3) is 3.69. The van der Waals surface area contributed by atoms with Gasteiger partial charge in [-0.3, -0.25) is 0 Å². The van der Waals surface area contributed by atoms with E-state index in [0.29, 0.717) is 0 Å². The van der Waals surface area contributed by atoms with Crippen LogP contribution in [-0.4, -0.2) is 40.4 Å². The van der Waals surface area contributed by atoms with Gasteiger partial charge in [0, 0.05) is 24.2 Å². The second-order valence-corrected chi connectivity index (χ2v) is 6.86. The Hall–Kier alpha value is -2.33. The van der Waals surface area contributed by atoms with Crippen LogP contribution in [0.4, 0.5) is 0 Å². The highest BCUT2D eigenvalue weighted by atomic mass is 16.5. The first kappa shape index (κ1) is 16.2. The van der Waals surface area contributed by atoms with Crippen LogP contribution in [0.25, 0.3) is 16.6 Å². The topological polar surface area (TPSA) is 30.3 Å². The highest BCUT2D eigenvalue weighted by Gasteiger charge is 2.18. The monoisotopic (exact) mass is 335 g/mol. The minimum atomic E-state index is 0.740. The zero-order chi connectivity index (χ0) is 17.1. The normalized spacial score (nSPS) is 18.0. The highest BCUT2D eigenvalue weighted by molar-refractivity contribution is 5.78. The maximum atomic E-state index is 5.89. The Balaban J connectivity index is 1.32. The number of aromatic nitrogens is 2. The minimum absolute atomic E-state index is 0.740. The van der Waals surface area contributed by atoms with Gasteiger partial charge in [0.1, 0.15) is 5.75 Å². The fraction of sp³-hybridized carbons (Fsp3) is 0.381. The molecule has 0 aliphatic carbocycles. The van der Waals surface area contributed by atoms with Gasteiger partial charge in [-0.15, -0.1) is 0 Å². The van der Waals surface area contributed by atoms with Crippen LogP contribution in [-0.2, 0) is 0 Å². The van der Waals surface area contributed by atoms with Crippen molar-refractivity contribution in [2.75, 3.05) is 19.7 Å². The van der Waals surface area contributed by atoms with Crippen molar-refractivity contribution in [1.29, 1.82) is 0 Å². The Bertz CT molecular complexity index is 792. The van der Waals surface area contributed by atoms with E-state index >= 15 is 0 Å². The SMILES string of the molecule is CC1CCCN1CCCOc1ccc(-n2cc3ccccc3n2)cc1. The summed E-state index contributed by atoms with van der Waals surface area (Å²) in [7, 11) is 0. The second kappa shape index (κ2) is 7.28. The summed E-state index contributed by atoms with van der Waals surface area (Å²) in [5, 5.41) is 5.76. The largest absolute Gasteiger partial charge is 0.494 e. The van der Waals surface area contributed by atoms with Crippen LogP contribution in [0.1, 0.15) is 26.2 Å². The second-order valence-electron chi connectivity index (χ2n) is 6.86. The van der Waals surface area contributed by atoms with Crippen LogP contribution in [0.5, 0.6) is 5.75 Å². The van der Waals surface area contributed by atoms with Gasteiger partial charge in [-0.1, -0.05) is 18.2 Å². The Labute approximate surface area is 149 Å². The lowest BCUT2D eigenvalue weighted by Crippen LogP contribution is -2.28. The molecule has 0 amide bonds. The highest BCUT2D eigenvalue weighted by Crippen LogP contribution is 2.19. The predicted molar refractivity (Wildman–Crippen MR) is 101 cm³/mol. The fourth-order valence-electron chi connectivity index (χ4n) is 3.57. The Morgan fingerprint density at radius 3 is 2.72 bits per heavy atom. The molecule has 0 spiro atoms. The summed E-state index contributed by atoms with van der Waals surface area (Å²) < 4.78 is 7.81. The summed E-state index contributed by atoms with van der Waals surface area (Å²) in [5.74, 6) is 0.926. The van der Waals surface area contributed by atoms with Gasteiger partial charge in [0.25, 0.3) is 0 Å². The molecule has 0 radical (unpaired) electrons. The van der Waals surface area contributed by atoms with E-state index in [1.165, 1.54) is 19.4 Å². The van der Waals surface area contributed by atoms with Gasteiger partial charge >= 0.3 is 0 Å². The molecule has 0 bridgehead atoms. The third-order valence-corrected chi connectivity index (χ3v) is 5.06. The molecule has 3 aromatic rings. The number of benzene rings is 2.